The van der Waals surface area contributed by atoms with Crippen LogP contribution >= 0.6 is 15.9 Å². The molecule has 0 aliphatic rings. The van der Waals surface area contributed by atoms with E-state index in [1.165, 1.54) is 0 Å². The minimum absolute atomic E-state index is 0.498. The SMILES string of the molecule is C/C(Br)=N/O. The highest BCUT2D eigenvalue weighted by atomic mass is 79.9. The number of hydrogen-bond acceptors (Lipinski definition) is 2. The third kappa shape index (κ3) is 3.95. The van der Waals surface area contributed by atoms with Gasteiger partial charge in [-0.2, -0.15) is 0 Å². The van der Waals surface area contributed by atoms with Crippen LogP contribution in [0.3, 0.4) is 0 Å². The van der Waals surface area contributed by atoms with Crippen LogP contribution in [0.5, 0.6) is 0 Å². The quantitative estimate of drug-likeness (QED) is 0.304. The van der Waals surface area contributed by atoms with E-state index in [0.717, 1.165) is 0 Å². The summed E-state index contributed by atoms with van der Waals surface area (Å²) < 4.78 is 0.498. The van der Waals surface area contributed by atoms with E-state index in [1.807, 2.05) is 0 Å². The molecular formula is C2H4BrNO. The van der Waals surface area contributed by atoms with Gasteiger partial charge < -0.3 is 5.21 Å². The predicted molar refractivity (Wildman–Crippen MR) is 23.8 cm³/mol. The van der Waals surface area contributed by atoms with Gasteiger partial charge in [-0.25, -0.2) is 0 Å². The average molecular weight is 138 g/mol. The van der Waals surface area contributed by atoms with Gasteiger partial charge in [0.25, 0.3) is 0 Å². The first-order valence-corrected chi connectivity index (χ1v) is 1.91. The van der Waals surface area contributed by atoms with Crippen molar-refractivity contribution < 1.29 is 5.21 Å². The summed E-state index contributed by atoms with van der Waals surface area (Å²) in [4.78, 5) is 0. The Morgan fingerprint density at radius 1 is 2.00 bits per heavy atom. The molecular weight excluding hydrogens is 134 g/mol. The van der Waals surface area contributed by atoms with Crippen LogP contribution in [-0.2, 0) is 0 Å². The molecule has 2 nitrogen and oxygen atoms in total. The fraction of sp³-hybridized carbons (Fsp3) is 0.500. The zero-order valence-electron chi connectivity index (χ0n) is 2.77. The molecule has 0 spiro atoms. The van der Waals surface area contributed by atoms with Crippen LogP contribution in [0, 0.1) is 0 Å². The Morgan fingerprint density at radius 3 is 2.20 bits per heavy atom. The monoisotopic (exact) mass is 137 g/mol. The second-order valence-corrected chi connectivity index (χ2v) is 1.74. The molecule has 0 amide bonds. The maximum atomic E-state index is 7.68. The van der Waals surface area contributed by atoms with Crippen molar-refractivity contribution in [3.63, 3.8) is 0 Å². The first kappa shape index (κ1) is 4.95. The summed E-state index contributed by atoms with van der Waals surface area (Å²) in [5, 5.41) is 10.4. The van der Waals surface area contributed by atoms with E-state index < -0.39 is 0 Å². The van der Waals surface area contributed by atoms with Gasteiger partial charge >= 0.3 is 0 Å². The Labute approximate surface area is 38.6 Å². The number of nitrogens with zero attached hydrogens (tertiary/aromatic N) is 1. The standard InChI is InChI=1S/C2H4BrNO/c1-2(3)4-5/h5H,1H3/b4-2-. The Hall–Kier alpha value is -0.0500. The van der Waals surface area contributed by atoms with E-state index in [4.69, 9.17) is 5.21 Å². The molecule has 0 saturated heterocycles. The van der Waals surface area contributed by atoms with Crippen LogP contribution in [0.4, 0.5) is 0 Å². The van der Waals surface area contributed by atoms with Crippen LogP contribution in [0.1, 0.15) is 6.92 Å². The molecule has 0 unspecified atom stereocenters. The van der Waals surface area contributed by atoms with Crippen molar-refractivity contribution in [3.8, 4) is 0 Å². The van der Waals surface area contributed by atoms with Gasteiger partial charge in [0.15, 0.2) is 0 Å². The molecule has 0 rings (SSSR count). The van der Waals surface area contributed by atoms with Crippen molar-refractivity contribution >= 4 is 20.6 Å². The largest absolute Gasteiger partial charge is 0.410 e. The van der Waals surface area contributed by atoms with Crippen LogP contribution in [0.25, 0.3) is 0 Å². The second-order valence-electron chi connectivity index (χ2n) is 0.597. The van der Waals surface area contributed by atoms with Gasteiger partial charge in [0.2, 0.25) is 0 Å². The van der Waals surface area contributed by atoms with E-state index in [0.29, 0.717) is 4.62 Å². The van der Waals surface area contributed by atoms with E-state index in [2.05, 4.69) is 21.1 Å². The maximum absolute atomic E-state index is 7.68. The topological polar surface area (TPSA) is 32.6 Å². The highest BCUT2D eigenvalue weighted by Gasteiger charge is 1.68. The van der Waals surface area contributed by atoms with Gasteiger partial charge in [-0.05, 0) is 22.9 Å². The Bertz CT molecular complexity index is 47.6. The molecule has 5 heavy (non-hydrogen) atoms. The van der Waals surface area contributed by atoms with Gasteiger partial charge in [0.1, 0.15) is 4.62 Å². The van der Waals surface area contributed by atoms with E-state index in [9.17, 15) is 0 Å². The minimum Gasteiger partial charge on any atom is -0.410 e. The van der Waals surface area contributed by atoms with Crippen LogP contribution in [0.15, 0.2) is 5.16 Å². The van der Waals surface area contributed by atoms with Crippen molar-refractivity contribution in [2.24, 2.45) is 5.16 Å². The highest BCUT2D eigenvalue weighted by Crippen LogP contribution is 1.81. The summed E-state index contributed by atoms with van der Waals surface area (Å²) in [6.07, 6.45) is 0. The van der Waals surface area contributed by atoms with Gasteiger partial charge in [-0.1, -0.05) is 5.16 Å². The van der Waals surface area contributed by atoms with Crippen molar-refractivity contribution in [1.29, 1.82) is 0 Å². The lowest BCUT2D eigenvalue weighted by Gasteiger charge is -1.69. The third-order valence-electron chi connectivity index (χ3n) is 0.138. The summed E-state index contributed by atoms with van der Waals surface area (Å²) in [7, 11) is 0. The lowest BCUT2D eigenvalue weighted by molar-refractivity contribution is 0.320. The van der Waals surface area contributed by atoms with Crippen molar-refractivity contribution in [2.45, 2.75) is 6.92 Å². The van der Waals surface area contributed by atoms with Crippen LogP contribution in [-0.4, -0.2) is 9.83 Å². The molecule has 0 aliphatic carbocycles. The smallest absolute Gasteiger partial charge is 0.119 e. The Morgan fingerprint density at radius 2 is 2.20 bits per heavy atom. The molecule has 0 heterocycles. The van der Waals surface area contributed by atoms with Gasteiger partial charge in [0.05, 0.1) is 0 Å². The summed E-state index contributed by atoms with van der Waals surface area (Å²) in [5.41, 5.74) is 0. The van der Waals surface area contributed by atoms with E-state index >= 15 is 0 Å². The van der Waals surface area contributed by atoms with Gasteiger partial charge in [-0.3, -0.25) is 0 Å². The Balaban J connectivity index is 3.14. The lowest BCUT2D eigenvalue weighted by Crippen LogP contribution is -1.67. The second kappa shape index (κ2) is 2.20. The number of halogens is 1. The van der Waals surface area contributed by atoms with Crippen molar-refractivity contribution in [3.05, 3.63) is 0 Å². The molecule has 30 valence electrons. The summed E-state index contributed by atoms with van der Waals surface area (Å²) in [6.45, 7) is 1.64. The summed E-state index contributed by atoms with van der Waals surface area (Å²) >= 11 is 2.87. The molecule has 0 fully saturated rings. The molecule has 0 bridgehead atoms. The highest BCUT2D eigenvalue weighted by molar-refractivity contribution is 9.18. The predicted octanol–water partition coefficient (Wildman–Crippen LogP) is 1.19. The first-order valence-electron chi connectivity index (χ1n) is 1.11. The van der Waals surface area contributed by atoms with Crippen LogP contribution in [0.2, 0.25) is 0 Å². The molecule has 0 aromatic carbocycles. The number of rotatable bonds is 0. The molecule has 0 aromatic heterocycles. The van der Waals surface area contributed by atoms with Gasteiger partial charge in [0, 0.05) is 0 Å². The first-order chi connectivity index (χ1) is 2.27. The summed E-state index contributed by atoms with van der Waals surface area (Å²) in [5.74, 6) is 0. The average Bonchev–Trinajstić information content (AvgIpc) is 1.38. The molecule has 0 aromatic rings. The minimum atomic E-state index is 0.498. The molecule has 0 atom stereocenters. The summed E-state index contributed by atoms with van der Waals surface area (Å²) in [6, 6.07) is 0. The fourth-order valence-electron chi connectivity index (χ4n) is 0. The lowest BCUT2D eigenvalue weighted by atomic mass is 10.9. The molecule has 0 saturated carbocycles. The number of oxime groups is 1. The molecule has 0 radical (unpaired) electrons. The van der Waals surface area contributed by atoms with Gasteiger partial charge in [-0.15, -0.1) is 0 Å². The van der Waals surface area contributed by atoms with E-state index in [-0.39, 0.29) is 0 Å². The Kier molecular flexibility index (Phi) is 2.18. The van der Waals surface area contributed by atoms with Crippen LogP contribution < -0.4 is 0 Å². The fourth-order valence-corrected chi connectivity index (χ4v) is 0. The maximum Gasteiger partial charge on any atom is 0.119 e. The zero-order chi connectivity index (χ0) is 4.28. The number of hydrogen-bond donors (Lipinski definition) is 1. The molecule has 3 heteroatoms. The molecule has 1 N–H and O–H groups in total. The third-order valence-corrected chi connectivity index (χ3v) is 0.296. The van der Waals surface area contributed by atoms with Crippen molar-refractivity contribution in [1.82, 2.24) is 0 Å². The van der Waals surface area contributed by atoms with Crippen molar-refractivity contribution in [2.75, 3.05) is 0 Å². The zero-order valence-corrected chi connectivity index (χ0v) is 4.36. The normalized spacial score (nSPS) is 12.0. The van der Waals surface area contributed by atoms with E-state index in [1.54, 1.807) is 6.92 Å². The molecule has 0 aliphatic heterocycles.